The highest BCUT2D eigenvalue weighted by Crippen LogP contribution is 2.15. The van der Waals surface area contributed by atoms with Crippen LogP contribution in [0.1, 0.15) is 11.3 Å². The molecule has 0 unspecified atom stereocenters. The van der Waals surface area contributed by atoms with E-state index in [1.165, 1.54) is 10.5 Å². The van der Waals surface area contributed by atoms with Crippen molar-refractivity contribution in [3.63, 3.8) is 0 Å². The molecule has 0 N–H and O–H groups in total. The van der Waals surface area contributed by atoms with Crippen molar-refractivity contribution in [2.45, 2.75) is 17.9 Å². The van der Waals surface area contributed by atoms with Gasteiger partial charge in [0.05, 0.1) is 12.2 Å². The van der Waals surface area contributed by atoms with Crippen LogP contribution in [0.2, 0.25) is 0 Å². The summed E-state index contributed by atoms with van der Waals surface area (Å²) < 4.78 is 1.84. The molecule has 5 heteroatoms. The summed E-state index contributed by atoms with van der Waals surface area (Å²) in [5, 5.41) is 8.14. The van der Waals surface area contributed by atoms with Crippen LogP contribution < -0.4 is 0 Å². The smallest absolute Gasteiger partial charge is 0.0839 e. The van der Waals surface area contributed by atoms with Gasteiger partial charge in [-0.3, -0.25) is 0 Å². The van der Waals surface area contributed by atoms with E-state index >= 15 is 0 Å². The lowest BCUT2D eigenvalue weighted by Gasteiger charge is -2.02. The number of nitrogens with zero attached hydrogens (tertiary/aromatic N) is 3. The van der Waals surface area contributed by atoms with Gasteiger partial charge in [0.25, 0.3) is 0 Å². The number of thioether (sulfide) groups is 1. The molecule has 0 aliphatic rings. The zero-order chi connectivity index (χ0) is 12.1. The Balaban J connectivity index is 2.03. The van der Waals surface area contributed by atoms with Crippen LogP contribution in [0, 0.1) is 0 Å². The minimum absolute atomic E-state index is 0.584. The van der Waals surface area contributed by atoms with Crippen LogP contribution >= 0.6 is 23.4 Å². The maximum absolute atomic E-state index is 5.66. The Morgan fingerprint density at radius 1 is 1.29 bits per heavy atom. The lowest BCUT2D eigenvalue weighted by Crippen LogP contribution is -2.00. The predicted molar refractivity (Wildman–Crippen MR) is 71.8 cm³/mol. The van der Waals surface area contributed by atoms with Crippen LogP contribution in [-0.4, -0.2) is 27.1 Å². The lowest BCUT2D eigenvalue weighted by molar-refractivity contribution is 0.649. The molecule has 0 fully saturated rings. The summed E-state index contributed by atoms with van der Waals surface area (Å²) in [6.45, 7) is 0.754. The maximum atomic E-state index is 5.66. The van der Waals surface area contributed by atoms with Gasteiger partial charge in [-0.1, -0.05) is 17.3 Å². The van der Waals surface area contributed by atoms with Gasteiger partial charge in [-0.2, -0.15) is 0 Å². The molecule has 0 bridgehead atoms. The number of benzene rings is 1. The maximum Gasteiger partial charge on any atom is 0.0839 e. The summed E-state index contributed by atoms with van der Waals surface area (Å²) in [4.78, 5) is 1.27. The zero-order valence-corrected chi connectivity index (χ0v) is 11.2. The van der Waals surface area contributed by atoms with E-state index in [4.69, 9.17) is 11.6 Å². The van der Waals surface area contributed by atoms with Crippen LogP contribution in [-0.2, 0) is 13.0 Å². The minimum Gasteiger partial charge on any atom is -0.248 e. The van der Waals surface area contributed by atoms with Gasteiger partial charge >= 0.3 is 0 Å². The second kappa shape index (κ2) is 6.07. The summed E-state index contributed by atoms with van der Waals surface area (Å²) in [7, 11) is 0. The van der Waals surface area contributed by atoms with E-state index in [1.807, 2.05) is 10.9 Å². The number of hydrogen-bond donors (Lipinski definition) is 0. The molecule has 0 amide bonds. The van der Waals surface area contributed by atoms with E-state index in [9.17, 15) is 0 Å². The molecule has 1 heterocycles. The van der Waals surface area contributed by atoms with E-state index in [1.54, 1.807) is 11.8 Å². The van der Waals surface area contributed by atoms with Crippen molar-refractivity contribution in [3.8, 4) is 0 Å². The van der Waals surface area contributed by atoms with E-state index in [0.717, 1.165) is 18.7 Å². The number of rotatable bonds is 5. The highest BCUT2D eigenvalue weighted by atomic mass is 35.5. The van der Waals surface area contributed by atoms with Gasteiger partial charge in [0.2, 0.25) is 0 Å². The Morgan fingerprint density at radius 3 is 2.71 bits per heavy atom. The molecule has 1 aromatic carbocycles. The number of aromatic nitrogens is 3. The number of aryl methyl sites for hydroxylation is 1. The normalized spacial score (nSPS) is 10.7. The lowest BCUT2D eigenvalue weighted by atomic mass is 10.2. The number of hydrogen-bond acceptors (Lipinski definition) is 3. The Bertz CT molecular complexity index is 467. The van der Waals surface area contributed by atoms with Crippen molar-refractivity contribution in [2.24, 2.45) is 0 Å². The molecule has 0 aliphatic carbocycles. The zero-order valence-electron chi connectivity index (χ0n) is 9.64. The van der Waals surface area contributed by atoms with Crippen molar-refractivity contribution < 1.29 is 0 Å². The van der Waals surface area contributed by atoms with Gasteiger partial charge in [-0.15, -0.1) is 28.5 Å². The first-order chi connectivity index (χ1) is 8.31. The molecule has 0 saturated heterocycles. The summed E-state index contributed by atoms with van der Waals surface area (Å²) in [5.74, 6) is 0.584. The van der Waals surface area contributed by atoms with Crippen molar-refractivity contribution >= 4 is 23.4 Å². The van der Waals surface area contributed by atoms with Gasteiger partial charge in [0, 0.05) is 23.4 Å². The second-order valence-electron chi connectivity index (χ2n) is 3.69. The first-order valence-electron chi connectivity index (χ1n) is 5.39. The van der Waals surface area contributed by atoms with Crippen molar-refractivity contribution in [1.29, 1.82) is 0 Å². The highest BCUT2D eigenvalue weighted by Gasteiger charge is 2.01. The van der Waals surface area contributed by atoms with Crippen molar-refractivity contribution in [2.75, 3.05) is 12.1 Å². The monoisotopic (exact) mass is 267 g/mol. The summed E-state index contributed by atoms with van der Waals surface area (Å²) in [6, 6.07) is 8.48. The number of halogens is 1. The summed E-state index contributed by atoms with van der Waals surface area (Å²) >= 11 is 7.40. The predicted octanol–water partition coefficient (Wildman–Crippen LogP) is 2.83. The van der Waals surface area contributed by atoms with Crippen LogP contribution in [0.3, 0.4) is 0 Å². The first kappa shape index (κ1) is 12.5. The molecule has 2 aromatic rings. The van der Waals surface area contributed by atoms with Crippen molar-refractivity contribution in [3.05, 3.63) is 41.7 Å². The summed E-state index contributed by atoms with van der Waals surface area (Å²) in [5.41, 5.74) is 2.17. The molecule has 2 rings (SSSR count). The van der Waals surface area contributed by atoms with Gasteiger partial charge < -0.3 is 0 Å². The molecule has 3 nitrogen and oxygen atoms in total. The van der Waals surface area contributed by atoms with E-state index in [-0.39, 0.29) is 0 Å². The molecule has 1 aromatic heterocycles. The third-order valence-corrected chi connectivity index (χ3v) is 3.37. The van der Waals surface area contributed by atoms with E-state index < -0.39 is 0 Å². The molecule has 0 spiro atoms. The fourth-order valence-electron chi connectivity index (χ4n) is 1.55. The Kier molecular flexibility index (Phi) is 4.45. The SMILES string of the molecule is CSc1ccc(Cn2cc(CCCl)nn2)cc1. The third-order valence-electron chi connectivity index (χ3n) is 2.44. The molecule has 17 heavy (non-hydrogen) atoms. The molecule has 0 saturated carbocycles. The standard InChI is InChI=1S/C12H14ClN3S/c1-17-12-4-2-10(3-5-12)8-16-9-11(6-7-13)14-15-16/h2-5,9H,6-8H2,1H3. The van der Waals surface area contributed by atoms with Gasteiger partial charge in [-0.05, 0) is 24.0 Å². The summed E-state index contributed by atoms with van der Waals surface area (Å²) in [6.07, 6.45) is 4.79. The second-order valence-corrected chi connectivity index (χ2v) is 4.95. The topological polar surface area (TPSA) is 30.7 Å². The Hall–Kier alpha value is -1.00. The average molecular weight is 268 g/mol. The number of alkyl halides is 1. The van der Waals surface area contributed by atoms with Crippen LogP contribution in [0.4, 0.5) is 0 Å². The Morgan fingerprint density at radius 2 is 2.06 bits per heavy atom. The first-order valence-corrected chi connectivity index (χ1v) is 7.15. The molecule has 0 radical (unpaired) electrons. The fraction of sp³-hybridized carbons (Fsp3) is 0.333. The third kappa shape index (κ3) is 3.48. The van der Waals surface area contributed by atoms with Crippen molar-refractivity contribution in [1.82, 2.24) is 15.0 Å². The van der Waals surface area contributed by atoms with Crippen LogP contribution in [0.25, 0.3) is 0 Å². The van der Waals surface area contributed by atoms with E-state index in [2.05, 4.69) is 40.8 Å². The average Bonchev–Trinajstić information content (AvgIpc) is 2.78. The van der Waals surface area contributed by atoms with Gasteiger partial charge in [-0.25, -0.2) is 4.68 Å². The van der Waals surface area contributed by atoms with E-state index in [0.29, 0.717) is 5.88 Å². The largest absolute Gasteiger partial charge is 0.248 e. The van der Waals surface area contributed by atoms with Crippen LogP contribution in [0.5, 0.6) is 0 Å². The Labute approximate surface area is 110 Å². The molecule has 0 atom stereocenters. The highest BCUT2D eigenvalue weighted by molar-refractivity contribution is 7.98. The van der Waals surface area contributed by atoms with Gasteiger partial charge in [0.15, 0.2) is 0 Å². The van der Waals surface area contributed by atoms with Crippen LogP contribution in [0.15, 0.2) is 35.4 Å². The molecular weight excluding hydrogens is 254 g/mol. The molecular formula is C12H14ClN3S. The van der Waals surface area contributed by atoms with Gasteiger partial charge in [0.1, 0.15) is 0 Å². The fourth-order valence-corrected chi connectivity index (χ4v) is 2.15. The quantitative estimate of drug-likeness (QED) is 0.617. The minimum atomic E-state index is 0.584. The molecule has 0 aliphatic heterocycles. The molecule has 90 valence electrons.